The predicted molar refractivity (Wildman–Crippen MR) is 68.0 cm³/mol. The number of fused-ring (bicyclic) bond motifs is 1. The number of hydrogen-bond acceptors (Lipinski definition) is 3. The third-order valence-corrected chi connectivity index (χ3v) is 3.51. The Bertz CT molecular complexity index is 596. The van der Waals surface area contributed by atoms with Crippen LogP contribution < -0.4 is 5.32 Å². The molecule has 3 rings (SSSR count). The topological polar surface area (TPSA) is 66.5 Å². The molecular formula is C13H11ClN2O3. The number of nitrogens with zero attached hydrogens (tertiary/aromatic N) is 1. The number of rotatable bonds is 3. The van der Waals surface area contributed by atoms with Crippen molar-refractivity contribution < 1.29 is 14.4 Å². The zero-order chi connectivity index (χ0) is 13.6. The number of hydrogen-bond donors (Lipinski definition) is 1. The summed E-state index contributed by atoms with van der Waals surface area (Å²) in [5.41, 5.74) is 0.449. The quantitative estimate of drug-likeness (QED) is 0.845. The van der Waals surface area contributed by atoms with E-state index in [1.165, 1.54) is 0 Å². The lowest BCUT2D eigenvalue weighted by molar-refractivity contribution is -0.121. The molecular weight excluding hydrogens is 268 g/mol. The summed E-state index contributed by atoms with van der Waals surface area (Å²) in [4.78, 5) is 36.8. The van der Waals surface area contributed by atoms with Crippen LogP contribution in [0.1, 0.15) is 33.6 Å². The van der Waals surface area contributed by atoms with Crippen molar-refractivity contribution in [3.05, 3.63) is 34.3 Å². The van der Waals surface area contributed by atoms with Crippen LogP contribution in [0.3, 0.4) is 0 Å². The van der Waals surface area contributed by atoms with E-state index in [0.717, 1.165) is 17.7 Å². The Kier molecular flexibility index (Phi) is 2.78. The van der Waals surface area contributed by atoms with Crippen molar-refractivity contribution in [2.24, 2.45) is 0 Å². The van der Waals surface area contributed by atoms with Crippen LogP contribution in [-0.2, 0) is 4.79 Å². The Labute approximate surface area is 114 Å². The molecule has 0 unspecified atom stereocenters. The maximum atomic E-state index is 12.1. The third kappa shape index (κ3) is 2.10. The normalized spacial score (nSPS) is 17.6. The van der Waals surface area contributed by atoms with E-state index in [-0.39, 0.29) is 34.6 Å². The van der Waals surface area contributed by atoms with E-state index in [1.807, 2.05) is 0 Å². The molecule has 0 aromatic heterocycles. The molecule has 1 aliphatic heterocycles. The second kappa shape index (κ2) is 4.35. The van der Waals surface area contributed by atoms with Crippen molar-refractivity contribution >= 4 is 29.3 Å². The Balaban J connectivity index is 1.81. The fraction of sp³-hybridized carbons (Fsp3) is 0.308. The first kappa shape index (κ1) is 12.2. The standard InChI is InChI=1S/C13H11ClN2O3/c14-9-3-1-2-8-11(9)13(19)16(12(8)18)6-10(17)15-7-4-5-7/h1-3,7H,4-6H2,(H,15,17). The number of amides is 3. The minimum Gasteiger partial charge on any atom is -0.352 e. The first-order chi connectivity index (χ1) is 9.08. The van der Waals surface area contributed by atoms with Crippen LogP contribution in [0.4, 0.5) is 0 Å². The zero-order valence-electron chi connectivity index (χ0n) is 9.98. The molecule has 98 valence electrons. The maximum absolute atomic E-state index is 12.1. The molecule has 1 aliphatic carbocycles. The molecule has 1 fully saturated rings. The molecule has 19 heavy (non-hydrogen) atoms. The Morgan fingerprint density at radius 2 is 2.05 bits per heavy atom. The third-order valence-electron chi connectivity index (χ3n) is 3.19. The average Bonchev–Trinajstić information content (AvgIpc) is 3.14. The van der Waals surface area contributed by atoms with Gasteiger partial charge in [-0.05, 0) is 25.0 Å². The van der Waals surface area contributed by atoms with Gasteiger partial charge in [0, 0.05) is 6.04 Å². The number of carbonyl (C=O) groups is 3. The van der Waals surface area contributed by atoms with Crippen molar-refractivity contribution in [2.45, 2.75) is 18.9 Å². The van der Waals surface area contributed by atoms with Crippen LogP contribution in [0.5, 0.6) is 0 Å². The summed E-state index contributed by atoms with van der Waals surface area (Å²) in [6.07, 6.45) is 1.92. The number of halogens is 1. The van der Waals surface area contributed by atoms with Gasteiger partial charge in [0.15, 0.2) is 0 Å². The number of benzene rings is 1. The molecule has 0 bridgehead atoms. The Morgan fingerprint density at radius 1 is 1.32 bits per heavy atom. The summed E-state index contributed by atoms with van der Waals surface area (Å²) in [7, 11) is 0. The smallest absolute Gasteiger partial charge is 0.263 e. The van der Waals surface area contributed by atoms with E-state index in [4.69, 9.17) is 11.6 Å². The number of imide groups is 1. The van der Waals surface area contributed by atoms with E-state index >= 15 is 0 Å². The van der Waals surface area contributed by atoms with E-state index < -0.39 is 11.8 Å². The minimum atomic E-state index is -0.503. The van der Waals surface area contributed by atoms with Gasteiger partial charge in [-0.3, -0.25) is 19.3 Å². The lowest BCUT2D eigenvalue weighted by Gasteiger charge is -2.13. The van der Waals surface area contributed by atoms with Gasteiger partial charge in [-0.25, -0.2) is 0 Å². The van der Waals surface area contributed by atoms with Crippen LogP contribution in [0.25, 0.3) is 0 Å². The van der Waals surface area contributed by atoms with Crippen LogP contribution in [0, 0.1) is 0 Å². The van der Waals surface area contributed by atoms with Gasteiger partial charge in [0.25, 0.3) is 11.8 Å². The molecule has 1 N–H and O–H groups in total. The fourth-order valence-electron chi connectivity index (χ4n) is 2.08. The monoisotopic (exact) mass is 278 g/mol. The van der Waals surface area contributed by atoms with Gasteiger partial charge < -0.3 is 5.32 Å². The lowest BCUT2D eigenvalue weighted by Crippen LogP contribution is -2.41. The molecule has 0 radical (unpaired) electrons. The van der Waals surface area contributed by atoms with Crippen LogP contribution in [0.15, 0.2) is 18.2 Å². The second-order valence-electron chi connectivity index (χ2n) is 4.70. The van der Waals surface area contributed by atoms with E-state index in [1.54, 1.807) is 18.2 Å². The van der Waals surface area contributed by atoms with Gasteiger partial charge in [0.05, 0.1) is 16.1 Å². The van der Waals surface area contributed by atoms with E-state index in [9.17, 15) is 14.4 Å². The largest absolute Gasteiger partial charge is 0.352 e. The van der Waals surface area contributed by atoms with Crippen LogP contribution in [0.2, 0.25) is 5.02 Å². The first-order valence-corrected chi connectivity index (χ1v) is 6.40. The van der Waals surface area contributed by atoms with Gasteiger partial charge >= 0.3 is 0 Å². The molecule has 0 saturated heterocycles. The summed E-state index contributed by atoms with van der Waals surface area (Å²) in [5.74, 6) is -1.28. The van der Waals surface area contributed by atoms with Crippen LogP contribution >= 0.6 is 11.6 Å². The highest BCUT2D eigenvalue weighted by Crippen LogP contribution is 2.29. The van der Waals surface area contributed by atoms with Gasteiger partial charge in [0.2, 0.25) is 5.91 Å². The highest BCUT2D eigenvalue weighted by atomic mass is 35.5. The zero-order valence-corrected chi connectivity index (χ0v) is 10.7. The Morgan fingerprint density at radius 3 is 2.68 bits per heavy atom. The average molecular weight is 279 g/mol. The summed E-state index contributed by atoms with van der Waals surface area (Å²) < 4.78 is 0. The molecule has 2 aliphatic rings. The van der Waals surface area contributed by atoms with Gasteiger partial charge in [0.1, 0.15) is 6.54 Å². The van der Waals surface area contributed by atoms with Crippen molar-refractivity contribution in [3.63, 3.8) is 0 Å². The molecule has 0 spiro atoms. The molecule has 1 heterocycles. The molecule has 1 saturated carbocycles. The van der Waals surface area contributed by atoms with Crippen molar-refractivity contribution in [3.8, 4) is 0 Å². The maximum Gasteiger partial charge on any atom is 0.263 e. The lowest BCUT2D eigenvalue weighted by atomic mass is 10.1. The van der Waals surface area contributed by atoms with Crippen molar-refractivity contribution in [1.82, 2.24) is 10.2 Å². The van der Waals surface area contributed by atoms with Crippen molar-refractivity contribution in [1.29, 1.82) is 0 Å². The molecule has 6 heteroatoms. The summed E-state index contributed by atoms with van der Waals surface area (Å²) >= 11 is 5.93. The fourth-order valence-corrected chi connectivity index (χ4v) is 2.34. The Hall–Kier alpha value is -1.88. The second-order valence-corrected chi connectivity index (χ2v) is 5.11. The summed E-state index contributed by atoms with van der Waals surface area (Å²) in [5, 5.41) is 2.98. The SMILES string of the molecule is O=C(CN1C(=O)c2cccc(Cl)c2C1=O)NC1CC1. The van der Waals surface area contributed by atoms with E-state index in [0.29, 0.717) is 0 Å². The molecule has 5 nitrogen and oxygen atoms in total. The predicted octanol–water partition coefficient (Wildman–Crippen LogP) is 1.21. The van der Waals surface area contributed by atoms with Crippen LogP contribution in [-0.4, -0.2) is 35.2 Å². The summed E-state index contributed by atoms with van der Waals surface area (Å²) in [6, 6.07) is 4.91. The highest BCUT2D eigenvalue weighted by Gasteiger charge is 2.38. The van der Waals surface area contributed by atoms with Crippen molar-refractivity contribution in [2.75, 3.05) is 6.54 Å². The van der Waals surface area contributed by atoms with Gasteiger partial charge in [-0.2, -0.15) is 0 Å². The van der Waals surface area contributed by atoms with Gasteiger partial charge in [-0.15, -0.1) is 0 Å². The van der Waals surface area contributed by atoms with E-state index in [2.05, 4.69) is 5.32 Å². The molecule has 1 aromatic rings. The molecule has 0 atom stereocenters. The minimum absolute atomic E-state index is 0.188. The molecule has 1 aromatic carbocycles. The highest BCUT2D eigenvalue weighted by molar-refractivity contribution is 6.37. The molecule has 3 amide bonds. The summed E-state index contributed by atoms with van der Waals surface area (Å²) in [6.45, 7) is -0.251. The first-order valence-electron chi connectivity index (χ1n) is 6.02. The number of carbonyl (C=O) groups excluding carboxylic acids is 3. The van der Waals surface area contributed by atoms with Gasteiger partial charge in [-0.1, -0.05) is 17.7 Å². The number of nitrogens with one attached hydrogen (secondary N) is 1.